The maximum absolute atomic E-state index is 10.9. The maximum Gasteiger partial charge on any atom is 0.252 e. The smallest absolute Gasteiger partial charge is 0.252 e. The van der Waals surface area contributed by atoms with E-state index in [9.17, 15) is 4.79 Å². The summed E-state index contributed by atoms with van der Waals surface area (Å²) in [6.45, 7) is 0.652. The van der Waals surface area contributed by atoms with Crippen LogP contribution >= 0.6 is 0 Å². The molecule has 2 N–H and O–H groups in total. The van der Waals surface area contributed by atoms with Gasteiger partial charge in [0, 0.05) is 6.42 Å². The second-order valence-corrected chi connectivity index (χ2v) is 2.76. The number of rotatable bonds is 1. The van der Waals surface area contributed by atoms with E-state index < -0.39 is 5.91 Å². The standard InChI is InChI=1S/C9H9NO2/c10-9(11)7-3-1-2-6-4-5-12-8(6)7/h1-3H,4-5H2,(H2,10,11). The molecule has 3 nitrogen and oxygen atoms in total. The van der Waals surface area contributed by atoms with Crippen molar-refractivity contribution in [2.45, 2.75) is 6.42 Å². The van der Waals surface area contributed by atoms with Crippen molar-refractivity contribution in [3.8, 4) is 5.75 Å². The van der Waals surface area contributed by atoms with Gasteiger partial charge < -0.3 is 10.5 Å². The van der Waals surface area contributed by atoms with Gasteiger partial charge in [0.1, 0.15) is 5.75 Å². The molecule has 1 aliphatic rings. The van der Waals surface area contributed by atoms with Crippen molar-refractivity contribution in [2.24, 2.45) is 5.73 Å². The molecule has 0 fully saturated rings. The molecule has 1 aromatic rings. The van der Waals surface area contributed by atoms with Gasteiger partial charge in [-0.15, -0.1) is 0 Å². The lowest BCUT2D eigenvalue weighted by Crippen LogP contribution is -2.12. The van der Waals surface area contributed by atoms with Gasteiger partial charge in [-0.3, -0.25) is 4.79 Å². The Bertz CT molecular complexity index is 333. The van der Waals surface area contributed by atoms with Crippen LogP contribution in [0.3, 0.4) is 0 Å². The first-order chi connectivity index (χ1) is 5.79. The summed E-state index contributed by atoms with van der Waals surface area (Å²) in [6.07, 6.45) is 0.871. The first-order valence-corrected chi connectivity index (χ1v) is 3.83. The number of carbonyl (C=O) groups is 1. The Hall–Kier alpha value is -1.51. The van der Waals surface area contributed by atoms with Crippen LogP contribution in [-0.2, 0) is 6.42 Å². The third-order valence-electron chi connectivity index (χ3n) is 1.98. The number of para-hydroxylation sites is 1. The Morgan fingerprint density at radius 1 is 1.50 bits per heavy atom. The van der Waals surface area contributed by atoms with Crippen LogP contribution < -0.4 is 10.5 Å². The molecule has 0 atom stereocenters. The van der Waals surface area contributed by atoms with E-state index in [1.165, 1.54) is 0 Å². The zero-order valence-electron chi connectivity index (χ0n) is 6.54. The predicted octanol–water partition coefficient (Wildman–Crippen LogP) is 0.720. The van der Waals surface area contributed by atoms with Crippen LogP contribution in [-0.4, -0.2) is 12.5 Å². The highest BCUT2D eigenvalue weighted by atomic mass is 16.5. The van der Waals surface area contributed by atoms with Crippen LogP contribution in [0.4, 0.5) is 0 Å². The first-order valence-electron chi connectivity index (χ1n) is 3.83. The van der Waals surface area contributed by atoms with Gasteiger partial charge in [-0.25, -0.2) is 0 Å². The predicted molar refractivity (Wildman–Crippen MR) is 44.2 cm³/mol. The van der Waals surface area contributed by atoms with Crippen molar-refractivity contribution >= 4 is 5.91 Å². The number of hydrogen-bond donors (Lipinski definition) is 1. The van der Waals surface area contributed by atoms with Crippen molar-refractivity contribution in [3.63, 3.8) is 0 Å². The van der Waals surface area contributed by atoms with E-state index in [0.29, 0.717) is 17.9 Å². The van der Waals surface area contributed by atoms with Crippen LogP contribution in [0.25, 0.3) is 0 Å². The molecule has 0 aliphatic carbocycles. The zero-order valence-corrected chi connectivity index (χ0v) is 6.54. The monoisotopic (exact) mass is 163 g/mol. The summed E-state index contributed by atoms with van der Waals surface area (Å²) in [7, 11) is 0. The summed E-state index contributed by atoms with van der Waals surface area (Å²) in [5.41, 5.74) is 6.73. The van der Waals surface area contributed by atoms with E-state index in [2.05, 4.69) is 0 Å². The number of nitrogens with two attached hydrogens (primary N) is 1. The number of hydrogen-bond acceptors (Lipinski definition) is 2. The molecule has 2 rings (SSSR count). The fourth-order valence-electron chi connectivity index (χ4n) is 1.41. The SMILES string of the molecule is NC(=O)c1cccc2c1OCC2. The van der Waals surface area contributed by atoms with E-state index in [1.807, 2.05) is 12.1 Å². The maximum atomic E-state index is 10.9. The minimum absolute atomic E-state index is 0.422. The minimum atomic E-state index is -0.422. The highest BCUT2D eigenvalue weighted by Crippen LogP contribution is 2.28. The van der Waals surface area contributed by atoms with Gasteiger partial charge in [0.2, 0.25) is 0 Å². The zero-order chi connectivity index (χ0) is 8.55. The summed E-state index contributed by atoms with van der Waals surface area (Å²) in [4.78, 5) is 10.9. The van der Waals surface area contributed by atoms with Crippen LogP contribution in [0.5, 0.6) is 5.75 Å². The topological polar surface area (TPSA) is 52.3 Å². The van der Waals surface area contributed by atoms with E-state index in [4.69, 9.17) is 10.5 Å². The number of benzene rings is 1. The molecule has 0 bridgehead atoms. The van der Waals surface area contributed by atoms with Crippen molar-refractivity contribution in [3.05, 3.63) is 29.3 Å². The largest absolute Gasteiger partial charge is 0.492 e. The number of amides is 1. The van der Waals surface area contributed by atoms with Gasteiger partial charge in [-0.05, 0) is 11.6 Å². The molecule has 0 unspecified atom stereocenters. The highest BCUT2D eigenvalue weighted by molar-refractivity contribution is 5.96. The molecule has 0 spiro atoms. The van der Waals surface area contributed by atoms with Crippen molar-refractivity contribution in [2.75, 3.05) is 6.61 Å². The Balaban J connectivity index is 2.56. The average Bonchev–Trinajstić information content (AvgIpc) is 2.49. The Morgan fingerprint density at radius 3 is 3.08 bits per heavy atom. The molecule has 3 heteroatoms. The average molecular weight is 163 g/mol. The molecule has 1 heterocycles. The summed E-state index contributed by atoms with van der Waals surface area (Å²) < 4.78 is 5.29. The van der Waals surface area contributed by atoms with E-state index >= 15 is 0 Å². The molecule has 0 saturated carbocycles. The Morgan fingerprint density at radius 2 is 2.33 bits per heavy atom. The van der Waals surface area contributed by atoms with Crippen molar-refractivity contribution in [1.29, 1.82) is 0 Å². The third-order valence-corrected chi connectivity index (χ3v) is 1.98. The van der Waals surface area contributed by atoms with Crippen LogP contribution in [0.1, 0.15) is 15.9 Å². The first kappa shape index (κ1) is 7.16. The third kappa shape index (κ3) is 0.942. The molecule has 62 valence electrons. The van der Waals surface area contributed by atoms with Crippen LogP contribution in [0, 0.1) is 0 Å². The second kappa shape index (κ2) is 2.52. The fraction of sp³-hybridized carbons (Fsp3) is 0.222. The number of ether oxygens (including phenoxy) is 1. The van der Waals surface area contributed by atoms with Crippen LogP contribution in [0.15, 0.2) is 18.2 Å². The lowest BCUT2D eigenvalue weighted by Gasteiger charge is -2.02. The molecule has 0 saturated heterocycles. The summed E-state index contributed by atoms with van der Waals surface area (Å²) in [6, 6.07) is 5.47. The van der Waals surface area contributed by atoms with E-state index in [-0.39, 0.29) is 0 Å². The molecule has 1 amide bonds. The lowest BCUT2D eigenvalue weighted by molar-refractivity contribution is 0.0997. The van der Waals surface area contributed by atoms with Gasteiger partial charge >= 0.3 is 0 Å². The molecular weight excluding hydrogens is 154 g/mol. The van der Waals surface area contributed by atoms with Gasteiger partial charge in [-0.2, -0.15) is 0 Å². The summed E-state index contributed by atoms with van der Waals surface area (Å²) in [5.74, 6) is 0.249. The lowest BCUT2D eigenvalue weighted by atomic mass is 10.1. The van der Waals surface area contributed by atoms with Crippen LogP contribution in [0.2, 0.25) is 0 Å². The second-order valence-electron chi connectivity index (χ2n) is 2.76. The summed E-state index contributed by atoms with van der Waals surface area (Å²) >= 11 is 0. The molecule has 0 aromatic heterocycles. The number of carbonyl (C=O) groups excluding carboxylic acids is 1. The molecular formula is C9H9NO2. The molecule has 0 radical (unpaired) electrons. The van der Waals surface area contributed by atoms with Crippen molar-refractivity contribution in [1.82, 2.24) is 0 Å². The molecule has 12 heavy (non-hydrogen) atoms. The fourth-order valence-corrected chi connectivity index (χ4v) is 1.41. The molecule has 1 aliphatic heterocycles. The Labute approximate surface area is 70.1 Å². The summed E-state index contributed by atoms with van der Waals surface area (Å²) in [5, 5.41) is 0. The van der Waals surface area contributed by atoms with Gasteiger partial charge in [0.15, 0.2) is 0 Å². The van der Waals surface area contributed by atoms with E-state index in [0.717, 1.165) is 12.0 Å². The molecule has 1 aromatic carbocycles. The van der Waals surface area contributed by atoms with Crippen molar-refractivity contribution < 1.29 is 9.53 Å². The Kier molecular flexibility index (Phi) is 1.50. The number of fused-ring (bicyclic) bond motifs is 1. The normalized spacial score (nSPS) is 13.7. The quantitative estimate of drug-likeness (QED) is 0.663. The van der Waals surface area contributed by atoms with Gasteiger partial charge in [0.25, 0.3) is 5.91 Å². The van der Waals surface area contributed by atoms with E-state index in [1.54, 1.807) is 6.07 Å². The minimum Gasteiger partial charge on any atom is -0.492 e. The highest BCUT2D eigenvalue weighted by Gasteiger charge is 2.18. The number of primary amides is 1. The van der Waals surface area contributed by atoms with Gasteiger partial charge in [0.05, 0.1) is 12.2 Å². The van der Waals surface area contributed by atoms with Gasteiger partial charge in [-0.1, -0.05) is 12.1 Å².